The summed E-state index contributed by atoms with van der Waals surface area (Å²) in [5.74, 6) is -5.55. The molecule has 1 aromatic carbocycles. The molecule has 0 saturated carbocycles. The van der Waals surface area contributed by atoms with Crippen LogP contribution in [-0.2, 0) is 0 Å². The van der Waals surface area contributed by atoms with Gasteiger partial charge in [0.15, 0.2) is 17.5 Å². The summed E-state index contributed by atoms with van der Waals surface area (Å²) in [6, 6.07) is 1.58. The van der Waals surface area contributed by atoms with Gasteiger partial charge in [-0.2, -0.15) is 0 Å². The molecule has 0 spiro atoms. The molecule has 1 aliphatic rings. The van der Waals surface area contributed by atoms with E-state index < -0.39 is 35.0 Å². The minimum Gasteiger partial charge on any atom is -0.391 e. The first-order valence-electron chi connectivity index (χ1n) is 5.81. The number of benzene rings is 1. The molecule has 0 bridgehead atoms. The van der Waals surface area contributed by atoms with E-state index >= 15 is 0 Å². The molecule has 2 unspecified atom stereocenters. The third-order valence-electron chi connectivity index (χ3n) is 3.11. The van der Waals surface area contributed by atoms with Gasteiger partial charge in [-0.05, 0) is 12.1 Å². The van der Waals surface area contributed by atoms with Gasteiger partial charge in [0.2, 0.25) is 0 Å². The molecule has 1 aromatic rings. The minimum atomic E-state index is -1.67. The maximum absolute atomic E-state index is 13.4. The van der Waals surface area contributed by atoms with Crippen molar-refractivity contribution < 1.29 is 23.1 Å². The number of aliphatic hydroxyl groups is 1. The van der Waals surface area contributed by atoms with E-state index in [1.54, 1.807) is 0 Å². The van der Waals surface area contributed by atoms with E-state index in [4.69, 9.17) is 0 Å². The molecule has 4 nitrogen and oxygen atoms in total. The lowest BCUT2D eigenvalue weighted by atomic mass is 10.1. The van der Waals surface area contributed by atoms with Crippen LogP contribution in [0.25, 0.3) is 0 Å². The van der Waals surface area contributed by atoms with Gasteiger partial charge in [0.05, 0.1) is 11.7 Å². The first-order chi connectivity index (χ1) is 9.00. The van der Waals surface area contributed by atoms with Crippen LogP contribution >= 0.6 is 12.4 Å². The van der Waals surface area contributed by atoms with E-state index in [1.807, 2.05) is 0 Å². The Morgan fingerprint density at radius 2 is 2.00 bits per heavy atom. The molecule has 20 heavy (non-hydrogen) atoms. The summed E-state index contributed by atoms with van der Waals surface area (Å²) in [5, 5.41) is 14.8. The van der Waals surface area contributed by atoms with Gasteiger partial charge in [0.1, 0.15) is 0 Å². The quantitative estimate of drug-likeness (QED) is 0.725. The van der Waals surface area contributed by atoms with Crippen molar-refractivity contribution in [1.29, 1.82) is 0 Å². The number of halogens is 4. The average Bonchev–Trinajstić information content (AvgIpc) is 2.79. The number of rotatable bonds is 3. The van der Waals surface area contributed by atoms with Crippen LogP contribution in [0.15, 0.2) is 12.1 Å². The van der Waals surface area contributed by atoms with E-state index in [0.29, 0.717) is 19.2 Å². The lowest BCUT2D eigenvalue weighted by molar-refractivity contribution is 0.0922. The van der Waals surface area contributed by atoms with Crippen LogP contribution in [0.3, 0.4) is 0 Å². The Bertz CT molecular complexity index is 502. The SMILES string of the molecule is Cl.O=C(NCC1CNCC1O)c1ccc(F)c(F)c1F. The van der Waals surface area contributed by atoms with Gasteiger partial charge >= 0.3 is 0 Å². The lowest BCUT2D eigenvalue weighted by Crippen LogP contribution is -2.34. The highest BCUT2D eigenvalue weighted by Crippen LogP contribution is 2.15. The number of aliphatic hydroxyl groups excluding tert-OH is 1. The molecule has 1 saturated heterocycles. The van der Waals surface area contributed by atoms with Crippen molar-refractivity contribution in [3.8, 4) is 0 Å². The highest BCUT2D eigenvalue weighted by molar-refractivity contribution is 5.94. The Hall–Kier alpha value is -1.31. The van der Waals surface area contributed by atoms with E-state index in [-0.39, 0.29) is 24.9 Å². The van der Waals surface area contributed by atoms with Crippen molar-refractivity contribution in [3.05, 3.63) is 35.1 Å². The van der Waals surface area contributed by atoms with Gasteiger partial charge in [-0.15, -0.1) is 12.4 Å². The molecule has 8 heteroatoms. The van der Waals surface area contributed by atoms with E-state index in [1.165, 1.54) is 0 Å². The molecule has 2 rings (SSSR count). The van der Waals surface area contributed by atoms with E-state index in [2.05, 4.69) is 10.6 Å². The lowest BCUT2D eigenvalue weighted by Gasteiger charge is -2.14. The number of β-amino-alcohol motifs (C(OH)–C–C–N with tert-alkyl or cyclic N) is 1. The Kier molecular flexibility index (Phi) is 5.79. The molecule has 112 valence electrons. The van der Waals surface area contributed by atoms with Crippen molar-refractivity contribution in [1.82, 2.24) is 10.6 Å². The van der Waals surface area contributed by atoms with Crippen LogP contribution in [0.1, 0.15) is 10.4 Å². The molecule has 1 aliphatic heterocycles. The largest absolute Gasteiger partial charge is 0.391 e. The molecule has 3 N–H and O–H groups in total. The molecule has 0 aliphatic carbocycles. The summed E-state index contributed by atoms with van der Waals surface area (Å²) in [5.41, 5.74) is -0.556. The summed E-state index contributed by atoms with van der Waals surface area (Å²) < 4.78 is 39.0. The van der Waals surface area contributed by atoms with Gasteiger partial charge in [0.25, 0.3) is 5.91 Å². The van der Waals surface area contributed by atoms with Crippen LogP contribution < -0.4 is 10.6 Å². The standard InChI is InChI=1S/C12H13F3N2O2.ClH/c13-8-2-1-7(10(14)11(8)15)12(19)17-4-6-3-16-5-9(6)18;/h1-2,6,9,16,18H,3-5H2,(H,17,19);1H. The van der Waals surface area contributed by atoms with Gasteiger partial charge < -0.3 is 15.7 Å². The predicted molar refractivity (Wildman–Crippen MR) is 68.3 cm³/mol. The molecule has 1 heterocycles. The second-order valence-corrected chi connectivity index (χ2v) is 4.42. The molecule has 0 radical (unpaired) electrons. The van der Waals surface area contributed by atoms with Crippen LogP contribution in [0.4, 0.5) is 13.2 Å². The molecule has 1 fully saturated rings. The fourth-order valence-corrected chi connectivity index (χ4v) is 1.95. The number of amides is 1. The average molecular weight is 311 g/mol. The van der Waals surface area contributed by atoms with E-state index in [0.717, 1.165) is 6.07 Å². The van der Waals surface area contributed by atoms with Crippen LogP contribution in [0.5, 0.6) is 0 Å². The Labute approximate surface area is 119 Å². The zero-order chi connectivity index (χ0) is 14.0. The van der Waals surface area contributed by atoms with Crippen LogP contribution in [0.2, 0.25) is 0 Å². The van der Waals surface area contributed by atoms with Crippen molar-refractivity contribution in [2.24, 2.45) is 5.92 Å². The fourth-order valence-electron chi connectivity index (χ4n) is 1.95. The van der Waals surface area contributed by atoms with Crippen LogP contribution in [-0.4, -0.2) is 36.8 Å². The van der Waals surface area contributed by atoms with Crippen LogP contribution in [0, 0.1) is 23.4 Å². The topological polar surface area (TPSA) is 61.4 Å². The Morgan fingerprint density at radius 3 is 2.60 bits per heavy atom. The first kappa shape index (κ1) is 16.7. The maximum Gasteiger partial charge on any atom is 0.254 e. The summed E-state index contributed by atoms with van der Waals surface area (Å²) in [4.78, 5) is 11.7. The Balaban J connectivity index is 0.00000200. The third-order valence-corrected chi connectivity index (χ3v) is 3.11. The maximum atomic E-state index is 13.4. The number of nitrogens with one attached hydrogen (secondary N) is 2. The number of carbonyl (C=O) groups is 1. The summed E-state index contributed by atoms with van der Waals surface area (Å²) >= 11 is 0. The predicted octanol–water partition coefficient (Wildman–Crippen LogP) is 0.836. The van der Waals surface area contributed by atoms with Gasteiger partial charge in [-0.3, -0.25) is 4.79 Å². The van der Waals surface area contributed by atoms with Crippen molar-refractivity contribution in [2.75, 3.05) is 19.6 Å². The summed E-state index contributed by atoms with van der Waals surface area (Å²) in [7, 11) is 0. The van der Waals surface area contributed by atoms with Gasteiger partial charge in [-0.1, -0.05) is 0 Å². The summed E-state index contributed by atoms with van der Waals surface area (Å²) in [6.45, 7) is 1.09. The molecule has 0 aromatic heterocycles. The second kappa shape index (κ2) is 6.92. The highest BCUT2D eigenvalue weighted by atomic mass is 35.5. The summed E-state index contributed by atoms with van der Waals surface area (Å²) in [6.07, 6.45) is -0.588. The third kappa shape index (κ3) is 3.41. The molecular formula is C12H14ClF3N2O2. The van der Waals surface area contributed by atoms with E-state index in [9.17, 15) is 23.1 Å². The van der Waals surface area contributed by atoms with Crippen molar-refractivity contribution >= 4 is 18.3 Å². The molecular weight excluding hydrogens is 297 g/mol. The normalized spacial score (nSPS) is 21.4. The minimum absolute atomic E-state index is 0. The molecule has 2 atom stereocenters. The first-order valence-corrected chi connectivity index (χ1v) is 5.81. The van der Waals surface area contributed by atoms with Crippen molar-refractivity contribution in [2.45, 2.75) is 6.10 Å². The highest BCUT2D eigenvalue weighted by Gasteiger charge is 2.26. The van der Waals surface area contributed by atoms with Gasteiger partial charge in [-0.25, -0.2) is 13.2 Å². The Morgan fingerprint density at radius 1 is 1.30 bits per heavy atom. The number of hydrogen-bond donors (Lipinski definition) is 3. The van der Waals surface area contributed by atoms with Crippen molar-refractivity contribution in [3.63, 3.8) is 0 Å². The zero-order valence-electron chi connectivity index (χ0n) is 10.3. The number of carbonyl (C=O) groups excluding carboxylic acids is 1. The number of hydrogen-bond acceptors (Lipinski definition) is 3. The smallest absolute Gasteiger partial charge is 0.254 e. The van der Waals surface area contributed by atoms with Gasteiger partial charge in [0, 0.05) is 25.6 Å². The second-order valence-electron chi connectivity index (χ2n) is 4.42. The zero-order valence-corrected chi connectivity index (χ0v) is 11.1. The monoisotopic (exact) mass is 310 g/mol. The molecule has 1 amide bonds. The fraction of sp³-hybridized carbons (Fsp3) is 0.417.